The summed E-state index contributed by atoms with van der Waals surface area (Å²) >= 11 is 3.31. The van der Waals surface area contributed by atoms with Gasteiger partial charge in [0.1, 0.15) is 0 Å². The molecule has 5 heteroatoms. The van der Waals surface area contributed by atoms with E-state index in [0.29, 0.717) is 0 Å². The van der Waals surface area contributed by atoms with Crippen LogP contribution in [0.15, 0.2) is 29.6 Å². The lowest BCUT2D eigenvalue weighted by molar-refractivity contribution is 0.693. The molecule has 1 N–H and O–H groups in total. The van der Waals surface area contributed by atoms with Gasteiger partial charge in [0, 0.05) is 4.70 Å². The average Bonchev–Trinajstić information content (AvgIpc) is 3.10. The SMILES string of the molecule is CCCc1nnsc1C(NC)c1cccc2ccsc12. The largest absolute Gasteiger partial charge is 0.309 e. The molecule has 0 saturated heterocycles. The first-order chi connectivity index (χ1) is 9.85. The van der Waals surface area contributed by atoms with Gasteiger partial charge in [0.2, 0.25) is 0 Å². The lowest BCUT2D eigenvalue weighted by Crippen LogP contribution is -2.18. The molecule has 0 aliphatic carbocycles. The summed E-state index contributed by atoms with van der Waals surface area (Å²) in [6.45, 7) is 2.18. The minimum absolute atomic E-state index is 0.180. The fourth-order valence-corrected chi connectivity index (χ4v) is 4.29. The Labute approximate surface area is 126 Å². The van der Waals surface area contributed by atoms with Gasteiger partial charge in [0.25, 0.3) is 0 Å². The fraction of sp³-hybridized carbons (Fsp3) is 0.333. The third-order valence-corrected chi connectivity index (χ3v) is 5.25. The van der Waals surface area contributed by atoms with Gasteiger partial charge in [-0.15, -0.1) is 16.4 Å². The number of benzene rings is 1. The second kappa shape index (κ2) is 5.99. The summed E-state index contributed by atoms with van der Waals surface area (Å²) in [5.74, 6) is 0. The van der Waals surface area contributed by atoms with Crippen molar-refractivity contribution in [2.75, 3.05) is 7.05 Å². The molecule has 3 nitrogen and oxygen atoms in total. The van der Waals surface area contributed by atoms with Crippen molar-refractivity contribution in [3.05, 3.63) is 45.8 Å². The van der Waals surface area contributed by atoms with Crippen molar-refractivity contribution >= 4 is 33.0 Å². The Morgan fingerprint density at radius 2 is 2.20 bits per heavy atom. The summed E-state index contributed by atoms with van der Waals surface area (Å²) in [5, 5.41) is 11.2. The van der Waals surface area contributed by atoms with Gasteiger partial charge in [-0.2, -0.15) is 0 Å². The molecule has 2 heterocycles. The van der Waals surface area contributed by atoms with Crippen LogP contribution in [-0.2, 0) is 6.42 Å². The van der Waals surface area contributed by atoms with Crippen LogP contribution in [0, 0.1) is 0 Å². The first-order valence-corrected chi connectivity index (χ1v) is 8.45. The number of aryl methyl sites for hydroxylation is 1. The van der Waals surface area contributed by atoms with E-state index in [9.17, 15) is 0 Å². The van der Waals surface area contributed by atoms with Gasteiger partial charge in [-0.05, 0) is 47.4 Å². The van der Waals surface area contributed by atoms with E-state index in [2.05, 4.69) is 51.5 Å². The van der Waals surface area contributed by atoms with Gasteiger partial charge in [0.15, 0.2) is 0 Å². The number of aromatic nitrogens is 2. The molecule has 1 atom stereocenters. The first kappa shape index (κ1) is 13.7. The fourth-order valence-electron chi connectivity index (χ4n) is 2.52. The molecule has 0 fully saturated rings. The van der Waals surface area contributed by atoms with Gasteiger partial charge >= 0.3 is 0 Å². The third kappa shape index (κ3) is 2.37. The summed E-state index contributed by atoms with van der Waals surface area (Å²) in [6.07, 6.45) is 2.09. The van der Waals surface area contributed by atoms with Crippen LogP contribution < -0.4 is 5.32 Å². The summed E-state index contributed by atoms with van der Waals surface area (Å²) in [7, 11) is 2.01. The van der Waals surface area contributed by atoms with Crippen LogP contribution in [0.1, 0.15) is 35.5 Å². The second-order valence-electron chi connectivity index (χ2n) is 4.74. The number of rotatable bonds is 5. The van der Waals surface area contributed by atoms with Crippen LogP contribution in [0.3, 0.4) is 0 Å². The van der Waals surface area contributed by atoms with Crippen LogP contribution in [-0.4, -0.2) is 16.6 Å². The maximum absolute atomic E-state index is 4.30. The summed E-state index contributed by atoms with van der Waals surface area (Å²) in [5.41, 5.74) is 2.45. The minimum atomic E-state index is 0.180. The lowest BCUT2D eigenvalue weighted by atomic mass is 10.0. The molecule has 0 aliphatic heterocycles. The zero-order valence-electron chi connectivity index (χ0n) is 11.6. The monoisotopic (exact) mass is 303 g/mol. The number of nitrogens with one attached hydrogen (secondary N) is 1. The molecule has 3 aromatic rings. The van der Waals surface area contributed by atoms with Gasteiger partial charge < -0.3 is 5.32 Å². The normalized spacial score (nSPS) is 12.9. The van der Waals surface area contributed by atoms with E-state index in [1.807, 2.05) is 7.05 Å². The molecule has 0 bridgehead atoms. The molecule has 0 aliphatic rings. The van der Waals surface area contributed by atoms with Crippen LogP contribution in [0.4, 0.5) is 0 Å². The zero-order valence-corrected chi connectivity index (χ0v) is 13.2. The molecule has 2 aromatic heterocycles. The van der Waals surface area contributed by atoms with Crippen molar-refractivity contribution in [1.29, 1.82) is 0 Å². The van der Waals surface area contributed by atoms with E-state index in [4.69, 9.17) is 0 Å². The second-order valence-corrected chi connectivity index (χ2v) is 6.44. The topological polar surface area (TPSA) is 37.8 Å². The maximum Gasteiger partial charge on any atom is 0.0807 e. The standard InChI is InChI=1S/C15H17N3S2/c1-3-5-12-15(20-18-17-12)13(16-2)11-7-4-6-10-8-9-19-14(10)11/h4,6-9,13,16H,3,5H2,1-2H3. The van der Waals surface area contributed by atoms with Crippen molar-refractivity contribution in [3.63, 3.8) is 0 Å². The van der Waals surface area contributed by atoms with E-state index in [1.165, 1.54) is 32.1 Å². The van der Waals surface area contributed by atoms with Gasteiger partial charge in [-0.25, -0.2) is 0 Å². The van der Waals surface area contributed by atoms with Gasteiger partial charge in [-0.3, -0.25) is 0 Å². The zero-order chi connectivity index (χ0) is 13.9. The summed E-state index contributed by atoms with van der Waals surface area (Å²) in [4.78, 5) is 1.25. The lowest BCUT2D eigenvalue weighted by Gasteiger charge is -2.16. The van der Waals surface area contributed by atoms with E-state index in [0.717, 1.165) is 18.5 Å². The van der Waals surface area contributed by atoms with Gasteiger partial charge in [-0.1, -0.05) is 36.0 Å². The Kier molecular flexibility index (Phi) is 4.10. The maximum atomic E-state index is 4.30. The van der Waals surface area contributed by atoms with E-state index in [-0.39, 0.29) is 6.04 Å². The predicted molar refractivity (Wildman–Crippen MR) is 86.6 cm³/mol. The first-order valence-electron chi connectivity index (χ1n) is 6.79. The number of fused-ring (bicyclic) bond motifs is 1. The Bertz CT molecular complexity index is 702. The van der Waals surface area contributed by atoms with Gasteiger partial charge in [0.05, 0.1) is 16.6 Å². The van der Waals surface area contributed by atoms with E-state index in [1.54, 1.807) is 11.3 Å². The summed E-state index contributed by atoms with van der Waals surface area (Å²) in [6, 6.07) is 8.85. The molecular weight excluding hydrogens is 286 g/mol. The van der Waals surface area contributed by atoms with E-state index < -0.39 is 0 Å². The highest BCUT2D eigenvalue weighted by Crippen LogP contribution is 2.34. The highest BCUT2D eigenvalue weighted by Gasteiger charge is 2.21. The van der Waals surface area contributed by atoms with Crippen molar-refractivity contribution < 1.29 is 0 Å². The Balaban J connectivity index is 2.09. The molecule has 3 rings (SSSR count). The molecular formula is C15H17N3S2. The number of nitrogens with zero attached hydrogens (tertiary/aromatic N) is 2. The van der Waals surface area contributed by atoms with Crippen LogP contribution >= 0.6 is 22.9 Å². The Morgan fingerprint density at radius 1 is 1.30 bits per heavy atom. The summed E-state index contributed by atoms with van der Waals surface area (Å²) < 4.78 is 5.51. The molecule has 20 heavy (non-hydrogen) atoms. The average molecular weight is 303 g/mol. The Morgan fingerprint density at radius 3 is 3.00 bits per heavy atom. The molecule has 0 radical (unpaired) electrons. The number of hydrogen-bond donors (Lipinski definition) is 1. The number of hydrogen-bond acceptors (Lipinski definition) is 5. The molecule has 0 spiro atoms. The molecule has 0 saturated carbocycles. The molecule has 1 unspecified atom stereocenters. The smallest absolute Gasteiger partial charge is 0.0807 e. The van der Waals surface area contributed by atoms with Crippen LogP contribution in [0.25, 0.3) is 10.1 Å². The van der Waals surface area contributed by atoms with Crippen molar-refractivity contribution in [2.24, 2.45) is 0 Å². The minimum Gasteiger partial charge on any atom is -0.309 e. The van der Waals surface area contributed by atoms with Crippen molar-refractivity contribution in [3.8, 4) is 0 Å². The molecule has 1 aromatic carbocycles. The van der Waals surface area contributed by atoms with Crippen LogP contribution in [0.5, 0.6) is 0 Å². The van der Waals surface area contributed by atoms with E-state index >= 15 is 0 Å². The third-order valence-electron chi connectivity index (χ3n) is 3.44. The van der Waals surface area contributed by atoms with Crippen molar-refractivity contribution in [1.82, 2.24) is 14.9 Å². The number of thiophene rings is 1. The highest BCUT2D eigenvalue weighted by atomic mass is 32.1. The molecule has 0 amide bonds. The quantitative estimate of drug-likeness (QED) is 0.774. The molecule has 104 valence electrons. The Hall–Kier alpha value is -1.30. The van der Waals surface area contributed by atoms with Crippen LogP contribution in [0.2, 0.25) is 0 Å². The predicted octanol–water partition coefficient (Wildman–Crippen LogP) is 4.01. The highest BCUT2D eigenvalue weighted by molar-refractivity contribution is 7.17. The van der Waals surface area contributed by atoms with Crippen molar-refractivity contribution in [2.45, 2.75) is 25.8 Å².